The second-order valence-electron chi connectivity index (χ2n) is 9.19. The van der Waals surface area contributed by atoms with Crippen LogP contribution in [-0.2, 0) is 35.5 Å². The van der Waals surface area contributed by atoms with Gasteiger partial charge in [-0.2, -0.15) is 18.3 Å². The fraction of sp³-hybridized carbons (Fsp3) is 0.440. The average molecular weight is 520 g/mol. The molecule has 0 bridgehead atoms. The molecule has 3 heterocycles. The monoisotopic (exact) mass is 519 g/mol. The molecule has 1 saturated carbocycles. The van der Waals surface area contributed by atoms with E-state index in [2.05, 4.69) is 20.8 Å². The maximum Gasteiger partial charge on any atom is 0.490 e. The summed E-state index contributed by atoms with van der Waals surface area (Å²) in [6.07, 6.45) is 3.44. The van der Waals surface area contributed by atoms with E-state index in [1.165, 1.54) is 12.8 Å². The predicted octanol–water partition coefficient (Wildman–Crippen LogP) is 2.78. The fourth-order valence-corrected chi connectivity index (χ4v) is 4.18. The zero-order valence-electron chi connectivity index (χ0n) is 20.0. The summed E-state index contributed by atoms with van der Waals surface area (Å²) in [5.41, 5.74) is 3.08. The first-order valence-electron chi connectivity index (χ1n) is 12.0. The Morgan fingerprint density at radius 1 is 1.08 bits per heavy atom. The van der Waals surface area contributed by atoms with Crippen LogP contribution in [0.15, 0.2) is 48.9 Å². The molecule has 0 radical (unpaired) electrons. The lowest BCUT2D eigenvalue weighted by Crippen LogP contribution is -2.41. The third kappa shape index (κ3) is 6.97. The summed E-state index contributed by atoms with van der Waals surface area (Å²) >= 11 is 0. The van der Waals surface area contributed by atoms with Crippen molar-refractivity contribution in [2.45, 2.75) is 51.1 Å². The number of carboxylic acid groups (broad SMARTS) is 1. The highest BCUT2D eigenvalue weighted by Crippen LogP contribution is 2.31. The maximum atomic E-state index is 12.8. The van der Waals surface area contributed by atoms with Crippen molar-refractivity contribution >= 4 is 11.9 Å². The molecule has 1 aromatic carbocycles. The van der Waals surface area contributed by atoms with Crippen LogP contribution in [0.2, 0.25) is 0 Å². The summed E-state index contributed by atoms with van der Waals surface area (Å²) in [6, 6.07) is 9.65. The molecule has 0 unspecified atom stereocenters. The van der Waals surface area contributed by atoms with Crippen molar-refractivity contribution in [2.24, 2.45) is 5.92 Å². The highest BCUT2D eigenvalue weighted by atomic mass is 19.4. The first-order valence-corrected chi connectivity index (χ1v) is 12.0. The average Bonchev–Trinajstić information content (AvgIpc) is 3.47. The number of aliphatic hydroxyl groups excluding tert-OH is 1. The van der Waals surface area contributed by atoms with Gasteiger partial charge in [0.1, 0.15) is 11.9 Å². The standard InChI is InChI=1S/C23H27N5O2.C2HF3O2/c29-21(12-17-4-2-1-3-5-17)23(30)26-9-8-22-24-14-20(28(22)11-10-26)19-13-25-27(16-19)15-18-6-7-18;3-2(4,5)1(6)7/h1-5,13-14,16,18,21,29H,6-12,15H2;(H,6,7)/t21-;/m1./s1. The zero-order chi connectivity index (χ0) is 26.6. The second kappa shape index (κ2) is 11.2. The van der Waals surface area contributed by atoms with Gasteiger partial charge in [-0.25, -0.2) is 9.78 Å². The maximum absolute atomic E-state index is 12.8. The number of benzene rings is 1. The minimum Gasteiger partial charge on any atom is -0.475 e. The van der Waals surface area contributed by atoms with E-state index in [-0.39, 0.29) is 5.91 Å². The molecule has 198 valence electrons. The molecule has 0 spiro atoms. The molecule has 2 N–H and O–H groups in total. The first-order chi connectivity index (χ1) is 17.6. The van der Waals surface area contributed by atoms with Crippen molar-refractivity contribution in [3.8, 4) is 11.3 Å². The number of rotatable bonds is 6. The van der Waals surface area contributed by atoms with Crippen molar-refractivity contribution in [2.75, 3.05) is 13.1 Å². The van der Waals surface area contributed by atoms with Crippen molar-refractivity contribution in [1.29, 1.82) is 0 Å². The Kier molecular flexibility index (Phi) is 7.96. The lowest BCUT2D eigenvalue weighted by Gasteiger charge is -2.23. The van der Waals surface area contributed by atoms with E-state index >= 15 is 0 Å². The molecule has 0 saturated heterocycles. The van der Waals surface area contributed by atoms with Crippen molar-refractivity contribution < 1.29 is 33.0 Å². The summed E-state index contributed by atoms with van der Waals surface area (Å²) < 4.78 is 36.0. The number of imidazole rings is 1. The van der Waals surface area contributed by atoms with Gasteiger partial charge in [-0.3, -0.25) is 9.48 Å². The van der Waals surface area contributed by atoms with Crippen LogP contribution in [0.3, 0.4) is 0 Å². The summed E-state index contributed by atoms with van der Waals surface area (Å²) in [5, 5.41) is 22.1. The number of aliphatic carboxylic acids is 1. The van der Waals surface area contributed by atoms with E-state index in [0.29, 0.717) is 32.5 Å². The van der Waals surface area contributed by atoms with Crippen LogP contribution in [0.1, 0.15) is 24.2 Å². The number of nitrogens with zero attached hydrogens (tertiary/aromatic N) is 5. The van der Waals surface area contributed by atoms with Crippen LogP contribution in [-0.4, -0.2) is 71.7 Å². The van der Waals surface area contributed by atoms with Crippen molar-refractivity contribution in [1.82, 2.24) is 24.2 Å². The number of carboxylic acids is 1. The van der Waals surface area contributed by atoms with Crippen LogP contribution in [0.5, 0.6) is 0 Å². The van der Waals surface area contributed by atoms with E-state index in [9.17, 15) is 23.1 Å². The molecule has 2 aliphatic rings. The van der Waals surface area contributed by atoms with Gasteiger partial charge >= 0.3 is 12.1 Å². The molecule has 2 aromatic heterocycles. The van der Waals surface area contributed by atoms with Gasteiger partial charge in [0.05, 0.1) is 18.1 Å². The molecule has 5 rings (SSSR count). The number of hydrogen-bond donors (Lipinski definition) is 2. The van der Waals surface area contributed by atoms with E-state index in [0.717, 1.165) is 35.1 Å². The Bertz CT molecular complexity index is 1220. The van der Waals surface area contributed by atoms with E-state index in [1.54, 1.807) is 4.90 Å². The Morgan fingerprint density at radius 3 is 2.43 bits per heavy atom. The minimum atomic E-state index is -5.08. The number of aromatic nitrogens is 4. The number of halogens is 3. The van der Waals surface area contributed by atoms with Crippen LogP contribution in [0.25, 0.3) is 11.3 Å². The van der Waals surface area contributed by atoms with Crippen LogP contribution in [0, 0.1) is 5.92 Å². The Hall–Kier alpha value is -3.67. The lowest BCUT2D eigenvalue weighted by molar-refractivity contribution is -0.192. The largest absolute Gasteiger partial charge is 0.490 e. The van der Waals surface area contributed by atoms with Gasteiger partial charge < -0.3 is 19.7 Å². The third-order valence-corrected chi connectivity index (χ3v) is 6.32. The van der Waals surface area contributed by atoms with Gasteiger partial charge in [0, 0.05) is 50.8 Å². The van der Waals surface area contributed by atoms with Gasteiger partial charge in [0.2, 0.25) is 0 Å². The van der Waals surface area contributed by atoms with Crippen LogP contribution < -0.4 is 0 Å². The highest BCUT2D eigenvalue weighted by Gasteiger charge is 2.38. The second-order valence-corrected chi connectivity index (χ2v) is 9.19. The lowest BCUT2D eigenvalue weighted by atomic mass is 10.1. The van der Waals surface area contributed by atoms with Gasteiger partial charge in [-0.15, -0.1) is 0 Å². The number of hydrogen-bond acceptors (Lipinski definition) is 5. The molecule has 3 aromatic rings. The number of amides is 1. The van der Waals surface area contributed by atoms with Crippen molar-refractivity contribution in [3.05, 3.63) is 60.3 Å². The predicted molar refractivity (Wildman–Crippen MR) is 126 cm³/mol. The topological polar surface area (TPSA) is 113 Å². The fourth-order valence-electron chi connectivity index (χ4n) is 4.18. The highest BCUT2D eigenvalue weighted by molar-refractivity contribution is 5.81. The van der Waals surface area contributed by atoms with E-state index in [1.807, 2.05) is 47.4 Å². The molecule has 1 fully saturated rings. The number of alkyl halides is 3. The minimum absolute atomic E-state index is 0.205. The van der Waals surface area contributed by atoms with E-state index < -0.39 is 18.2 Å². The molecule has 1 amide bonds. The number of carbonyl (C=O) groups excluding carboxylic acids is 1. The van der Waals surface area contributed by atoms with Crippen molar-refractivity contribution in [3.63, 3.8) is 0 Å². The summed E-state index contributed by atoms with van der Waals surface area (Å²) in [6.45, 7) is 2.80. The SMILES string of the molecule is O=C(O)C(F)(F)F.O=C([C@H](O)Cc1ccccc1)N1CCc2ncc(-c3cnn(CC4CC4)c3)n2CC1. The molecular formula is C25H28F3N5O4. The molecular weight excluding hydrogens is 491 g/mol. The smallest absolute Gasteiger partial charge is 0.475 e. The van der Waals surface area contributed by atoms with Crippen LogP contribution >= 0.6 is 0 Å². The number of aliphatic hydroxyl groups is 1. The summed E-state index contributed by atoms with van der Waals surface area (Å²) in [7, 11) is 0. The summed E-state index contributed by atoms with van der Waals surface area (Å²) in [5.74, 6) is -1.20. The third-order valence-electron chi connectivity index (χ3n) is 6.32. The van der Waals surface area contributed by atoms with Gasteiger partial charge in [0.25, 0.3) is 5.91 Å². The quantitative estimate of drug-likeness (QED) is 0.518. The molecule has 37 heavy (non-hydrogen) atoms. The molecule has 12 heteroatoms. The number of carbonyl (C=O) groups is 2. The zero-order valence-corrected chi connectivity index (χ0v) is 20.0. The number of fused-ring (bicyclic) bond motifs is 1. The molecule has 1 aliphatic carbocycles. The van der Waals surface area contributed by atoms with Gasteiger partial charge in [-0.05, 0) is 24.3 Å². The molecule has 1 atom stereocenters. The Morgan fingerprint density at radius 2 is 1.78 bits per heavy atom. The summed E-state index contributed by atoms with van der Waals surface area (Å²) in [4.78, 5) is 28.1. The van der Waals surface area contributed by atoms with Crippen LogP contribution in [0.4, 0.5) is 13.2 Å². The normalized spacial score (nSPS) is 16.3. The molecule has 1 aliphatic heterocycles. The first kappa shape index (κ1) is 26.4. The van der Waals surface area contributed by atoms with Gasteiger partial charge in [0.15, 0.2) is 0 Å². The van der Waals surface area contributed by atoms with E-state index in [4.69, 9.17) is 9.90 Å². The van der Waals surface area contributed by atoms with Gasteiger partial charge in [-0.1, -0.05) is 30.3 Å². The Balaban J connectivity index is 0.000000405. The molecule has 9 nitrogen and oxygen atoms in total. The Labute approximate surface area is 211 Å².